The number of rotatable bonds is 16. The normalized spacial score (nSPS) is 11.2. The molecule has 2 rings (SSSR count). The van der Waals surface area contributed by atoms with Crippen LogP contribution in [0.25, 0.3) is 10.8 Å². The maximum Gasteiger partial charge on any atom is 0.336 e. The van der Waals surface area contributed by atoms with E-state index < -0.39 is 11.9 Å². The first kappa shape index (κ1) is 25.9. The van der Waals surface area contributed by atoms with Gasteiger partial charge in [0.05, 0.1) is 11.1 Å². The Morgan fingerprint density at radius 3 is 1.81 bits per heavy atom. The van der Waals surface area contributed by atoms with Gasteiger partial charge in [-0.3, -0.25) is 0 Å². The lowest BCUT2D eigenvalue weighted by Crippen LogP contribution is -2.09. The Bertz CT molecular complexity index is 885. The maximum absolute atomic E-state index is 12.2. The van der Waals surface area contributed by atoms with Crippen molar-refractivity contribution in [3.8, 4) is 0 Å². The second-order valence-electron chi connectivity index (χ2n) is 8.99. The summed E-state index contributed by atoms with van der Waals surface area (Å²) in [5, 5.41) is 20.9. The third-order valence-electron chi connectivity index (χ3n) is 6.33. The molecule has 0 fully saturated rings. The van der Waals surface area contributed by atoms with Crippen LogP contribution in [-0.2, 0) is 12.8 Å². The third kappa shape index (κ3) is 7.65. The number of carbonyl (C=O) groups is 2. The molecule has 0 atom stereocenters. The fourth-order valence-electron chi connectivity index (χ4n) is 4.54. The van der Waals surface area contributed by atoms with Crippen molar-refractivity contribution in [2.24, 2.45) is 0 Å². The number of hydrogen-bond donors (Lipinski definition) is 2. The Morgan fingerprint density at radius 2 is 1.25 bits per heavy atom. The van der Waals surface area contributed by atoms with Gasteiger partial charge in [0, 0.05) is 5.39 Å². The molecule has 0 aliphatic rings. The number of aromatic carboxylic acids is 2. The molecule has 0 saturated heterocycles. The van der Waals surface area contributed by atoms with Crippen LogP contribution >= 0.6 is 0 Å². The zero-order valence-corrected chi connectivity index (χ0v) is 19.9. The van der Waals surface area contributed by atoms with E-state index in [0.29, 0.717) is 11.8 Å². The van der Waals surface area contributed by atoms with Gasteiger partial charge in [-0.1, -0.05) is 96.3 Å². The lowest BCUT2D eigenvalue weighted by atomic mass is 9.90. The van der Waals surface area contributed by atoms with Crippen LogP contribution in [-0.4, -0.2) is 22.2 Å². The van der Waals surface area contributed by atoms with Crippen LogP contribution in [0.1, 0.15) is 123 Å². The molecule has 0 saturated carbocycles. The van der Waals surface area contributed by atoms with Crippen molar-refractivity contribution < 1.29 is 19.8 Å². The molecular weight excluding hydrogens is 400 g/mol. The molecule has 0 bridgehead atoms. The second kappa shape index (κ2) is 13.9. The summed E-state index contributed by atoms with van der Waals surface area (Å²) >= 11 is 0. The van der Waals surface area contributed by atoms with Gasteiger partial charge < -0.3 is 10.2 Å². The molecule has 0 aromatic heterocycles. The molecular formula is C28H40O4. The molecule has 4 heteroatoms. The van der Waals surface area contributed by atoms with E-state index in [-0.39, 0.29) is 11.1 Å². The van der Waals surface area contributed by atoms with Gasteiger partial charge in [-0.15, -0.1) is 0 Å². The molecule has 2 aromatic carbocycles. The zero-order valence-electron chi connectivity index (χ0n) is 19.9. The summed E-state index contributed by atoms with van der Waals surface area (Å²) in [6, 6.07) is 7.47. The average Bonchev–Trinajstić information content (AvgIpc) is 2.77. The van der Waals surface area contributed by atoms with Crippen molar-refractivity contribution >= 4 is 22.7 Å². The van der Waals surface area contributed by atoms with Crippen LogP contribution in [0.5, 0.6) is 0 Å². The van der Waals surface area contributed by atoms with Gasteiger partial charge in [0.15, 0.2) is 0 Å². The van der Waals surface area contributed by atoms with Crippen LogP contribution in [0.3, 0.4) is 0 Å². The quantitative estimate of drug-likeness (QED) is 0.259. The molecule has 0 radical (unpaired) electrons. The Morgan fingerprint density at radius 1 is 0.688 bits per heavy atom. The first-order chi connectivity index (χ1) is 15.5. The molecule has 0 amide bonds. The molecule has 0 unspecified atom stereocenters. The van der Waals surface area contributed by atoms with E-state index in [9.17, 15) is 19.8 Å². The first-order valence-corrected chi connectivity index (χ1v) is 12.5. The topological polar surface area (TPSA) is 74.6 Å². The zero-order chi connectivity index (χ0) is 23.3. The van der Waals surface area contributed by atoms with Gasteiger partial charge >= 0.3 is 11.9 Å². The Hall–Kier alpha value is -2.36. The van der Waals surface area contributed by atoms with E-state index in [0.717, 1.165) is 55.0 Å². The van der Waals surface area contributed by atoms with Gasteiger partial charge in [0.2, 0.25) is 0 Å². The highest BCUT2D eigenvalue weighted by molar-refractivity contribution is 6.13. The van der Waals surface area contributed by atoms with Gasteiger partial charge in [-0.25, -0.2) is 9.59 Å². The number of carboxylic acids is 2. The number of benzene rings is 2. The van der Waals surface area contributed by atoms with E-state index in [1.807, 2.05) is 18.2 Å². The van der Waals surface area contributed by atoms with Crippen molar-refractivity contribution in [1.29, 1.82) is 0 Å². The first-order valence-electron chi connectivity index (χ1n) is 12.5. The van der Waals surface area contributed by atoms with E-state index in [2.05, 4.69) is 13.8 Å². The van der Waals surface area contributed by atoms with Crippen LogP contribution in [0.4, 0.5) is 0 Å². The van der Waals surface area contributed by atoms with Crippen LogP contribution in [0, 0.1) is 0 Å². The molecule has 2 N–H and O–H groups in total. The molecule has 0 heterocycles. The Labute approximate surface area is 193 Å². The highest BCUT2D eigenvalue weighted by atomic mass is 16.4. The summed E-state index contributed by atoms with van der Waals surface area (Å²) in [5.74, 6) is -2.10. The van der Waals surface area contributed by atoms with Gasteiger partial charge in [0.25, 0.3) is 0 Å². The third-order valence-corrected chi connectivity index (χ3v) is 6.33. The van der Waals surface area contributed by atoms with E-state index in [4.69, 9.17) is 0 Å². The van der Waals surface area contributed by atoms with Crippen LogP contribution in [0.15, 0.2) is 24.3 Å². The fraction of sp³-hybridized carbons (Fsp3) is 0.571. The van der Waals surface area contributed by atoms with Gasteiger partial charge in [-0.2, -0.15) is 0 Å². The minimum Gasteiger partial charge on any atom is -0.478 e. The van der Waals surface area contributed by atoms with Crippen molar-refractivity contribution in [2.75, 3.05) is 0 Å². The SMILES string of the molecule is CCCCCCCCc1cc(C(=O)O)c2c(C(=O)O)c(CCCCCCCC)ccc2c1. The van der Waals surface area contributed by atoms with Crippen LogP contribution in [0.2, 0.25) is 0 Å². The Balaban J connectivity index is 2.23. The monoisotopic (exact) mass is 440 g/mol. The summed E-state index contributed by atoms with van der Waals surface area (Å²) in [6.07, 6.45) is 15.4. The summed E-state index contributed by atoms with van der Waals surface area (Å²) < 4.78 is 0. The smallest absolute Gasteiger partial charge is 0.336 e. The maximum atomic E-state index is 12.2. The predicted octanol–water partition coefficient (Wildman–Crippen LogP) is 8.04. The van der Waals surface area contributed by atoms with Crippen molar-refractivity contribution in [1.82, 2.24) is 0 Å². The molecule has 0 aliphatic heterocycles. The number of aryl methyl sites for hydroxylation is 2. The number of unbranched alkanes of at least 4 members (excludes halogenated alkanes) is 10. The average molecular weight is 441 g/mol. The Kier molecular flexibility index (Phi) is 11.3. The van der Waals surface area contributed by atoms with Gasteiger partial charge in [0.1, 0.15) is 0 Å². The molecule has 4 nitrogen and oxygen atoms in total. The minimum absolute atomic E-state index is 0.116. The molecule has 2 aromatic rings. The largest absolute Gasteiger partial charge is 0.478 e. The molecule has 0 spiro atoms. The second-order valence-corrected chi connectivity index (χ2v) is 8.99. The lowest BCUT2D eigenvalue weighted by molar-refractivity contribution is 0.0694. The summed E-state index contributed by atoms with van der Waals surface area (Å²) in [4.78, 5) is 24.2. The highest BCUT2D eigenvalue weighted by Crippen LogP contribution is 2.30. The number of fused-ring (bicyclic) bond motifs is 1. The van der Waals surface area contributed by atoms with Crippen molar-refractivity contribution in [3.63, 3.8) is 0 Å². The van der Waals surface area contributed by atoms with E-state index in [1.165, 1.54) is 44.9 Å². The number of hydrogen-bond acceptors (Lipinski definition) is 2. The van der Waals surface area contributed by atoms with Crippen molar-refractivity contribution in [3.05, 3.63) is 46.5 Å². The van der Waals surface area contributed by atoms with Crippen molar-refractivity contribution in [2.45, 2.75) is 104 Å². The standard InChI is InChI=1S/C28H40O4/c1-3-5-7-9-11-13-15-21-19-23-18-17-22(16-14-12-10-8-6-4-2)26(28(31)32)25(23)24(20-21)27(29)30/h17-20H,3-16H2,1-2H3,(H,29,30)(H,31,32). The summed E-state index contributed by atoms with van der Waals surface area (Å²) in [5.41, 5.74) is 2.00. The highest BCUT2D eigenvalue weighted by Gasteiger charge is 2.21. The predicted molar refractivity (Wildman–Crippen MR) is 132 cm³/mol. The lowest BCUT2D eigenvalue weighted by Gasteiger charge is -2.14. The minimum atomic E-state index is -1.06. The molecule has 176 valence electrons. The number of carboxylic acid groups (broad SMARTS) is 2. The fourth-order valence-corrected chi connectivity index (χ4v) is 4.54. The molecule has 0 aliphatic carbocycles. The van der Waals surface area contributed by atoms with Gasteiger partial charge in [-0.05, 0) is 48.3 Å². The van der Waals surface area contributed by atoms with E-state index >= 15 is 0 Å². The summed E-state index contributed by atoms with van der Waals surface area (Å²) in [7, 11) is 0. The van der Waals surface area contributed by atoms with Crippen LogP contribution < -0.4 is 0 Å². The summed E-state index contributed by atoms with van der Waals surface area (Å²) in [6.45, 7) is 4.39. The molecule has 32 heavy (non-hydrogen) atoms. The van der Waals surface area contributed by atoms with E-state index in [1.54, 1.807) is 6.07 Å².